The van der Waals surface area contributed by atoms with Crippen molar-refractivity contribution in [1.29, 1.82) is 0 Å². The number of ether oxygens (including phenoxy) is 2. The largest absolute Gasteiger partial charge is 0.507 e. The van der Waals surface area contributed by atoms with E-state index in [-0.39, 0.29) is 29.5 Å². The summed E-state index contributed by atoms with van der Waals surface area (Å²) in [7, 11) is 0. The SMILES string of the molecule is CCOc1ccc(C(O)=C2C(=O)C(=O)N(C[C@H]3CCCO3)[C@@H]2c2ccccc2F)cc1. The van der Waals surface area contributed by atoms with Gasteiger partial charge in [-0.3, -0.25) is 9.59 Å². The van der Waals surface area contributed by atoms with E-state index < -0.39 is 23.5 Å². The van der Waals surface area contributed by atoms with Crippen LogP contribution in [-0.2, 0) is 14.3 Å². The van der Waals surface area contributed by atoms with Crippen LogP contribution in [0.25, 0.3) is 5.76 Å². The summed E-state index contributed by atoms with van der Waals surface area (Å²) in [6.45, 7) is 3.10. The smallest absolute Gasteiger partial charge is 0.295 e. The van der Waals surface area contributed by atoms with Crippen molar-refractivity contribution >= 4 is 17.4 Å². The monoisotopic (exact) mass is 425 g/mol. The summed E-state index contributed by atoms with van der Waals surface area (Å²) in [4.78, 5) is 27.2. The van der Waals surface area contributed by atoms with Crippen molar-refractivity contribution in [2.24, 2.45) is 0 Å². The van der Waals surface area contributed by atoms with Gasteiger partial charge in [-0.1, -0.05) is 18.2 Å². The number of carbonyl (C=O) groups excluding carboxylic acids is 2. The van der Waals surface area contributed by atoms with Crippen molar-refractivity contribution in [1.82, 2.24) is 4.90 Å². The molecule has 0 aromatic heterocycles. The first-order valence-corrected chi connectivity index (χ1v) is 10.4. The number of hydrogen-bond donors (Lipinski definition) is 1. The Kier molecular flexibility index (Phi) is 6.04. The Labute approximate surface area is 179 Å². The lowest BCUT2D eigenvalue weighted by Gasteiger charge is -2.27. The third kappa shape index (κ3) is 4.05. The van der Waals surface area contributed by atoms with Crippen LogP contribution in [0.3, 0.4) is 0 Å². The van der Waals surface area contributed by atoms with Crippen molar-refractivity contribution in [2.45, 2.75) is 31.9 Å². The maximum Gasteiger partial charge on any atom is 0.295 e. The molecule has 2 aromatic rings. The molecule has 2 saturated heterocycles. The van der Waals surface area contributed by atoms with E-state index in [0.717, 1.165) is 12.8 Å². The van der Waals surface area contributed by atoms with Gasteiger partial charge >= 0.3 is 0 Å². The summed E-state index contributed by atoms with van der Waals surface area (Å²) in [5.41, 5.74) is 0.379. The van der Waals surface area contributed by atoms with Gasteiger partial charge in [-0.2, -0.15) is 0 Å². The molecular weight excluding hydrogens is 401 g/mol. The summed E-state index contributed by atoms with van der Waals surface area (Å²) in [6.07, 6.45) is 1.40. The van der Waals surface area contributed by atoms with Crippen molar-refractivity contribution < 1.29 is 28.6 Å². The highest BCUT2D eigenvalue weighted by Crippen LogP contribution is 2.41. The standard InChI is InChI=1S/C24H24FNO5/c1-2-30-16-11-9-15(10-12-16)22(27)20-21(18-7-3-4-8-19(18)25)26(24(29)23(20)28)14-17-6-5-13-31-17/h3-4,7-12,17,21,27H,2,5-6,13-14H2,1H3/t17-,21-/m1/s1. The van der Waals surface area contributed by atoms with Crippen molar-refractivity contribution in [3.8, 4) is 5.75 Å². The fourth-order valence-electron chi connectivity index (χ4n) is 4.13. The van der Waals surface area contributed by atoms with Crippen LogP contribution in [0, 0.1) is 5.82 Å². The van der Waals surface area contributed by atoms with E-state index in [1.807, 2.05) is 6.92 Å². The number of amides is 1. The zero-order chi connectivity index (χ0) is 22.0. The fourth-order valence-corrected chi connectivity index (χ4v) is 4.13. The fraction of sp³-hybridized carbons (Fsp3) is 0.333. The van der Waals surface area contributed by atoms with Gasteiger partial charge in [0.05, 0.1) is 24.3 Å². The summed E-state index contributed by atoms with van der Waals surface area (Å²) >= 11 is 0. The number of rotatable bonds is 6. The molecule has 7 heteroatoms. The lowest BCUT2D eigenvalue weighted by molar-refractivity contribution is -0.140. The van der Waals surface area contributed by atoms with Crippen molar-refractivity contribution in [3.05, 3.63) is 71.0 Å². The van der Waals surface area contributed by atoms with Crippen molar-refractivity contribution in [3.63, 3.8) is 0 Å². The molecule has 162 valence electrons. The summed E-state index contributed by atoms with van der Waals surface area (Å²) in [5.74, 6) is -1.88. The van der Waals surface area contributed by atoms with Gasteiger partial charge < -0.3 is 19.5 Å². The zero-order valence-electron chi connectivity index (χ0n) is 17.2. The Morgan fingerprint density at radius 1 is 1.19 bits per heavy atom. The zero-order valence-corrected chi connectivity index (χ0v) is 17.2. The number of benzene rings is 2. The Morgan fingerprint density at radius 2 is 1.94 bits per heavy atom. The molecule has 2 heterocycles. The second kappa shape index (κ2) is 8.89. The number of Topliss-reactive ketones (excluding diaryl/α,β-unsaturated/α-hetero) is 1. The Hall–Kier alpha value is -3.19. The predicted octanol–water partition coefficient (Wildman–Crippen LogP) is 3.83. The normalized spacial score (nSPS) is 22.8. The van der Waals surface area contributed by atoms with Gasteiger partial charge in [-0.25, -0.2) is 4.39 Å². The third-order valence-corrected chi connectivity index (χ3v) is 5.60. The molecule has 6 nitrogen and oxygen atoms in total. The molecule has 2 aromatic carbocycles. The topological polar surface area (TPSA) is 76.1 Å². The van der Waals surface area contributed by atoms with E-state index in [4.69, 9.17) is 9.47 Å². The van der Waals surface area contributed by atoms with Crippen LogP contribution in [0.2, 0.25) is 0 Å². The summed E-state index contributed by atoms with van der Waals surface area (Å²) in [5, 5.41) is 11.0. The Morgan fingerprint density at radius 3 is 2.58 bits per heavy atom. The van der Waals surface area contributed by atoms with Crippen LogP contribution >= 0.6 is 0 Å². The lowest BCUT2D eigenvalue weighted by Crippen LogP contribution is -2.36. The van der Waals surface area contributed by atoms with Crippen LogP contribution in [0.15, 0.2) is 54.1 Å². The molecule has 31 heavy (non-hydrogen) atoms. The minimum absolute atomic E-state index is 0.128. The van der Waals surface area contributed by atoms with Gasteiger partial charge in [0.2, 0.25) is 0 Å². The van der Waals surface area contributed by atoms with Gasteiger partial charge in [0.25, 0.3) is 11.7 Å². The predicted molar refractivity (Wildman–Crippen MR) is 112 cm³/mol. The third-order valence-electron chi connectivity index (χ3n) is 5.60. The molecule has 2 atom stereocenters. The van der Waals surface area contributed by atoms with Gasteiger partial charge in [0.1, 0.15) is 17.3 Å². The molecule has 1 amide bonds. The van der Waals surface area contributed by atoms with Crippen LogP contribution in [0.4, 0.5) is 4.39 Å². The molecule has 0 unspecified atom stereocenters. The summed E-state index contributed by atoms with van der Waals surface area (Å²) < 4.78 is 25.8. The van der Waals surface area contributed by atoms with E-state index in [1.54, 1.807) is 30.3 Å². The molecule has 0 spiro atoms. The molecule has 4 rings (SSSR count). The molecule has 0 radical (unpaired) electrons. The number of ketones is 1. The number of aliphatic hydroxyl groups excluding tert-OH is 1. The molecule has 2 aliphatic heterocycles. The van der Waals surface area contributed by atoms with E-state index in [2.05, 4.69) is 0 Å². The first kappa shape index (κ1) is 21.1. The average molecular weight is 425 g/mol. The highest BCUT2D eigenvalue weighted by Gasteiger charge is 2.47. The number of halogens is 1. The first-order chi connectivity index (χ1) is 15.0. The van der Waals surface area contributed by atoms with Crippen LogP contribution < -0.4 is 4.74 Å². The molecule has 2 aliphatic rings. The Bertz CT molecular complexity index is 1010. The lowest BCUT2D eigenvalue weighted by atomic mass is 9.94. The number of likely N-dealkylation sites (tertiary alicyclic amines) is 1. The number of hydrogen-bond acceptors (Lipinski definition) is 5. The Balaban J connectivity index is 1.79. The minimum atomic E-state index is -1.03. The maximum absolute atomic E-state index is 14.8. The van der Waals surface area contributed by atoms with Gasteiger partial charge in [0.15, 0.2) is 0 Å². The molecule has 1 N–H and O–H groups in total. The van der Waals surface area contributed by atoms with Gasteiger partial charge in [-0.15, -0.1) is 0 Å². The first-order valence-electron chi connectivity index (χ1n) is 10.4. The molecule has 0 aliphatic carbocycles. The van der Waals surface area contributed by atoms with Crippen LogP contribution in [0.1, 0.15) is 36.9 Å². The molecule has 0 bridgehead atoms. The second-order valence-electron chi connectivity index (χ2n) is 7.57. The number of nitrogens with zero attached hydrogens (tertiary/aromatic N) is 1. The van der Waals surface area contributed by atoms with Gasteiger partial charge in [0, 0.05) is 24.3 Å². The van der Waals surface area contributed by atoms with Crippen LogP contribution in [-0.4, -0.2) is 47.6 Å². The number of aliphatic hydroxyl groups is 1. The van der Waals surface area contributed by atoms with E-state index >= 15 is 0 Å². The maximum atomic E-state index is 14.8. The molecule has 2 fully saturated rings. The number of carbonyl (C=O) groups is 2. The van der Waals surface area contributed by atoms with E-state index in [1.165, 1.54) is 23.1 Å². The highest BCUT2D eigenvalue weighted by atomic mass is 19.1. The molecule has 0 saturated carbocycles. The summed E-state index contributed by atoms with van der Waals surface area (Å²) in [6, 6.07) is 11.5. The second-order valence-corrected chi connectivity index (χ2v) is 7.57. The highest BCUT2D eigenvalue weighted by molar-refractivity contribution is 6.46. The van der Waals surface area contributed by atoms with Crippen molar-refractivity contribution in [2.75, 3.05) is 19.8 Å². The van der Waals surface area contributed by atoms with Gasteiger partial charge in [-0.05, 0) is 50.1 Å². The molecular formula is C24H24FNO5. The van der Waals surface area contributed by atoms with E-state index in [9.17, 15) is 19.1 Å². The quantitative estimate of drug-likeness (QED) is 0.433. The van der Waals surface area contributed by atoms with E-state index in [0.29, 0.717) is 24.5 Å². The van der Waals surface area contributed by atoms with Crippen LogP contribution in [0.5, 0.6) is 5.75 Å². The average Bonchev–Trinajstić information content (AvgIpc) is 3.37. The minimum Gasteiger partial charge on any atom is -0.507 e.